The van der Waals surface area contributed by atoms with E-state index in [0.29, 0.717) is 4.90 Å². The van der Waals surface area contributed by atoms with Crippen molar-refractivity contribution in [2.24, 2.45) is 0 Å². The van der Waals surface area contributed by atoms with Crippen molar-refractivity contribution in [3.8, 4) is 0 Å². The molecule has 4 nitrogen and oxygen atoms in total. The number of carbonyl (C=O) groups is 1. The number of hydrogen-bond acceptors (Lipinski definition) is 2. The van der Waals surface area contributed by atoms with E-state index >= 15 is 0 Å². The summed E-state index contributed by atoms with van der Waals surface area (Å²) >= 11 is 0. The van der Waals surface area contributed by atoms with Gasteiger partial charge in [0, 0.05) is 6.92 Å². The maximum atomic E-state index is 11.2. The molecule has 0 saturated carbocycles. The van der Waals surface area contributed by atoms with Gasteiger partial charge in [0.1, 0.15) is 0 Å². The Hall–Kier alpha value is -1.20. The summed E-state index contributed by atoms with van der Waals surface area (Å²) in [5.41, 5.74) is 0. The molecule has 86 valence electrons. The highest BCUT2D eigenvalue weighted by atomic mass is 32.2. The summed E-state index contributed by atoms with van der Waals surface area (Å²) in [5, 5.41) is 0. The zero-order valence-electron chi connectivity index (χ0n) is 9.11. The lowest BCUT2D eigenvalue weighted by atomic mass is 10.4. The number of carbonyl (C=O) groups excluding carboxylic acids is 1. The molecule has 0 saturated heterocycles. The summed E-state index contributed by atoms with van der Waals surface area (Å²) in [7, 11) is -1.41. The zero-order chi connectivity index (χ0) is 11.0. The molecule has 0 aliphatic rings. The second-order valence-electron chi connectivity index (χ2n) is 2.24. The lowest BCUT2D eigenvalue weighted by Crippen LogP contribution is -2.22. The number of hydrogen-bond donors (Lipinski definition) is 1. The second kappa shape index (κ2) is 9.36. The highest BCUT2D eigenvalue weighted by Gasteiger charge is 2.02. The summed E-state index contributed by atoms with van der Waals surface area (Å²) in [6.45, 7) is 5.33. The van der Waals surface area contributed by atoms with Crippen molar-refractivity contribution in [2.75, 3.05) is 0 Å². The van der Waals surface area contributed by atoms with Crippen molar-refractivity contribution < 1.29 is 14.5 Å². The second-order valence-corrected chi connectivity index (χ2v) is 3.45. The number of rotatable bonds is 2. The Morgan fingerprint density at radius 2 is 1.67 bits per heavy atom. The molecule has 1 unspecified atom stereocenters. The van der Waals surface area contributed by atoms with Crippen LogP contribution in [-0.4, -0.2) is 15.6 Å². The van der Waals surface area contributed by atoms with Gasteiger partial charge in [0.15, 0.2) is 11.0 Å². The van der Waals surface area contributed by atoms with Crippen LogP contribution in [0.2, 0.25) is 0 Å². The fourth-order valence-electron chi connectivity index (χ4n) is 0.734. The Morgan fingerprint density at radius 1 is 1.20 bits per heavy atom. The van der Waals surface area contributed by atoms with Crippen molar-refractivity contribution in [3.05, 3.63) is 30.3 Å². The van der Waals surface area contributed by atoms with Gasteiger partial charge in [-0.2, -0.15) is 0 Å². The molecular weight excluding hydrogens is 214 g/mol. The van der Waals surface area contributed by atoms with Gasteiger partial charge < -0.3 is 5.48 Å². The molecule has 0 heterocycles. The lowest BCUT2D eigenvalue weighted by molar-refractivity contribution is -0.117. The minimum absolute atomic E-state index is 0. The molecule has 0 bridgehead atoms. The first-order valence-electron chi connectivity index (χ1n) is 4.44. The van der Waals surface area contributed by atoms with E-state index in [9.17, 15) is 9.00 Å². The maximum Gasteiger partial charge on any atom is 0.228 e. The molecule has 5 heteroatoms. The number of amides is 1. The standard InChI is InChI=1S/C8H9NO2S.C2H6.H2O/c1-7(10)9-12(11)8-5-3-2-4-6-8;1-2;/h2-6H,1H3,(H,9,10);1-2H3;1H2. The third-order valence-corrected chi connectivity index (χ3v) is 2.37. The first-order valence-corrected chi connectivity index (χ1v) is 5.59. The summed E-state index contributed by atoms with van der Waals surface area (Å²) in [6.07, 6.45) is 0. The van der Waals surface area contributed by atoms with Crippen LogP contribution in [0, 0.1) is 0 Å². The van der Waals surface area contributed by atoms with Crippen molar-refractivity contribution in [3.63, 3.8) is 0 Å². The predicted molar refractivity (Wildman–Crippen MR) is 61.6 cm³/mol. The minimum Gasteiger partial charge on any atom is -0.412 e. The van der Waals surface area contributed by atoms with Gasteiger partial charge in [0.05, 0.1) is 4.90 Å². The van der Waals surface area contributed by atoms with Gasteiger partial charge in [0.2, 0.25) is 5.91 Å². The molecule has 0 spiro atoms. The van der Waals surface area contributed by atoms with Gasteiger partial charge in [-0.25, -0.2) is 4.21 Å². The van der Waals surface area contributed by atoms with Crippen LogP contribution in [0.1, 0.15) is 20.8 Å². The molecule has 1 aromatic carbocycles. The molecule has 0 radical (unpaired) electrons. The van der Waals surface area contributed by atoms with Crippen LogP contribution in [-0.2, 0) is 15.8 Å². The predicted octanol–water partition coefficient (Wildman–Crippen LogP) is 1.05. The molecule has 0 fully saturated rings. The zero-order valence-corrected chi connectivity index (χ0v) is 9.93. The molecule has 0 aliphatic heterocycles. The first kappa shape index (κ1) is 16.2. The van der Waals surface area contributed by atoms with E-state index in [1.54, 1.807) is 24.3 Å². The molecule has 1 rings (SSSR count). The van der Waals surface area contributed by atoms with Crippen LogP contribution in [0.5, 0.6) is 0 Å². The summed E-state index contributed by atoms with van der Waals surface area (Å²) in [4.78, 5) is 11.1. The minimum atomic E-state index is -1.41. The van der Waals surface area contributed by atoms with Gasteiger partial charge in [0.25, 0.3) is 0 Å². The third kappa shape index (κ3) is 6.82. The highest BCUT2D eigenvalue weighted by Crippen LogP contribution is 2.01. The van der Waals surface area contributed by atoms with E-state index in [2.05, 4.69) is 4.72 Å². The Balaban J connectivity index is 0. The topological polar surface area (TPSA) is 77.7 Å². The van der Waals surface area contributed by atoms with E-state index in [1.165, 1.54) is 6.92 Å². The molecule has 15 heavy (non-hydrogen) atoms. The number of nitrogens with one attached hydrogen (secondary N) is 1. The Kier molecular flexibility index (Phi) is 10.1. The Morgan fingerprint density at radius 3 is 2.07 bits per heavy atom. The molecule has 0 aromatic heterocycles. The SMILES string of the molecule is CC.CC(=O)NS(=O)c1ccccc1.O. The molecule has 1 aromatic rings. The average Bonchev–Trinajstić information content (AvgIpc) is 2.21. The van der Waals surface area contributed by atoms with Crippen LogP contribution >= 0.6 is 0 Å². The normalized spacial score (nSPS) is 10.1. The van der Waals surface area contributed by atoms with E-state index < -0.39 is 11.0 Å². The Bertz CT molecular complexity index is 301. The molecule has 1 amide bonds. The van der Waals surface area contributed by atoms with E-state index in [1.807, 2.05) is 19.9 Å². The van der Waals surface area contributed by atoms with Crippen LogP contribution in [0.3, 0.4) is 0 Å². The first-order chi connectivity index (χ1) is 6.70. The van der Waals surface area contributed by atoms with Crippen LogP contribution in [0.15, 0.2) is 35.2 Å². The summed E-state index contributed by atoms with van der Waals surface area (Å²) in [5.74, 6) is -0.294. The smallest absolute Gasteiger partial charge is 0.228 e. The van der Waals surface area contributed by atoms with Gasteiger partial charge in [-0.15, -0.1) is 0 Å². The fourth-order valence-corrected chi connectivity index (χ4v) is 1.52. The van der Waals surface area contributed by atoms with Crippen LogP contribution < -0.4 is 4.72 Å². The van der Waals surface area contributed by atoms with E-state index in [0.717, 1.165) is 0 Å². The van der Waals surface area contributed by atoms with Gasteiger partial charge in [-0.05, 0) is 12.1 Å². The van der Waals surface area contributed by atoms with Crippen molar-refractivity contribution in [2.45, 2.75) is 25.7 Å². The van der Waals surface area contributed by atoms with Gasteiger partial charge in [-0.3, -0.25) is 9.52 Å². The molecule has 0 aliphatic carbocycles. The third-order valence-electron chi connectivity index (χ3n) is 1.19. The quantitative estimate of drug-likeness (QED) is 0.825. The summed E-state index contributed by atoms with van der Waals surface area (Å²) in [6, 6.07) is 8.77. The van der Waals surface area contributed by atoms with Crippen molar-refractivity contribution in [1.82, 2.24) is 4.72 Å². The highest BCUT2D eigenvalue weighted by molar-refractivity contribution is 7.83. The Labute approximate surface area is 92.6 Å². The average molecular weight is 231 g/mol. The van der Waals surface area contributed by atoms with Gasteiger partial charge >= 0.3 is 0 Å². The van der Waals surface area contributed by atoms with E-state index in [-0.39, 0.29) is 11.4 Å². The van der Waals surface area contributed by atoms with Crippen molar-refractivity contribution in [1.29, 1.82) is 0 Å². The molecule has 1 atom stereocenters. The van der Waals surface area contributed by atoms with Crippen molar-refractivity contribution >= 4 is 16.9 Å². The van der Waals surface area contributed by atoms with Gasteiger partial charge in [-0.1, -0.05) is 32.0 Å². The summed E-state index contributed by atoms with van der Waals surface area (Å²) < 4.78 is 13.5. The molecule has 3 N–H and O–H groups in total. The van der Waals surface area contributed by atoms with Crippen LogP contribution in [0.4, 0.5) is 0 Å². The fraction of sp³-hybridized carbons (Fsp3) is 0.300. The lowest BCUT2D eigenvalue weighted by Gasteiger charge is -2.00. The number of benzene rings is 1. The van der Waals surface area contributed by atoms with Crippen LogP contribution in [0.25, 0.3) is 0 Å². The monoisotopic (exact) mass is 231 g/mol. The van der Waals surface area contributed by atoms with E-state index in [4.69, 9.17) is 0 Å². The maximum absolute atomic E-state index is 11.2. The molecular formula is C10H17NO3S. The largest absolute Gasteiger partial charge is 0.412 e.